The van der Waals surface area contributed by atoms with Crippen LogP contribution in [0.3, 0.4) is 0 Å². The number of rotatable bonds is 3. The minimum atomic E-state index is -2.29. The number of aryl methyl sites for hydroxylation is 1. The second-order valence-corrected chi connectivity index (χ2v) is 7.64. The highest BCUT2D eigenvalue weighted by Gasteiger charge is 2.44. The van der Waals surface area contributed by atoms with Gasteiger partial charge in [-0.2, -0.15) is 0 Å². The first-order valence-corrected chi connectivity index (χ1v) is 8.06. The number of ether oxygens (including phenoxy) is 1. The smallest absolute Gasteiger partial charge is 0.374 e. The van der Waals surface area contributed by atoms with Gasteiger partial charge >= 0.3 is 8.56 Å². The molecule has 1 heterocycles. The normalized spacial score (nSPS) is 29.2. The molecule has 2 unspecified atom stereocenters. The van der Waals surface area contributed by atoms with Gasteiger partial charge in [0, 0.05) is 14.2 Å². The first-order chi connectivity index (χ1) is 8.22. The van der Waals surface area contributed by atoms with Crippen molar-refractivity contribution in [2.45, 2.75) is 32.1 Å². The van der Waals surface area contributed by atoms with E-state index in [9.17, 15) is 0 Å². The van der Waals surface area contributed by atoms with Crippen LogP contribution in [0, 0.1) is 6.92 Å². The molecule has 0 bridgehead atoms. The zero-order valence-electron chi connectivity index (χ0n) is 10.7. The third-order valence-corrected chi connectivity index (χ3v) is 7.11. The molecule has 1 saturated heterocycles. The minimum absolute atomic E-state index is 0.116. The molecule has 2 atom stereocenters. The zero-order chi connectivity index (χ0) is 12.3. The topological polar surface area (TPSA) is 27.7 Å². The van der Waals surface area contributed by atoms with Gasteiger partial charge in [0.05, 0.1) is 0 Å². The van der Waals surface area contributed by atoms with Crippen LogP contribution in [0.5, 0.6) is 0 Å². The molecule has 0 aromatic heterocycles. The third-order valence-electron chi connectivity index (χ3n) is 3.42. The first kappa shape index (κ1) is 12.8. The van der Waals surface area contributed by atoms with Gasteiger partial charge in [-0.25, -0.2) is 0 Å². The molecule has 0 aliphatic carbocycles. The molecule has 4 heteroatoms. The van der Waals surface area contributed by atoms with Crippen LogP contribution in [0.4, 0.5) is 0 Å². The summed E-state index contributed by atoms with van der Waals surface area (Å²) in [5.41, 5.74) is 1.25. The molecule has 2 rings (SSSR count). The SMILES string of the molecule is COC1CCC[Si](OC)(c2ccccc2C)O1. The standard InChI is InChI=1S/C13H20O3Si/c1-11-7-4-5-8-12(11)17(15-3)10-6-9-13(14-2)16-17/h4-5,7-8,13H,6,9-10H2,1-3H3. The molecule has 0 amide bonds. The van der Waals surface area contributed by atoms with Crippen molar-refractivity contribution in [3.8, 4) is 0 Å². The summed E-state index contributed by atoms with van der Waals surface area (Å²) < 4.78 is 17.3. The molecule has 3 nitrogen and oxygen atoms in total. The summed E-state index contributed by atoms with van der Waals surface area (Å²) in [6.45, 7) is 2.11. The molecule has 0 radical (unpaired) electrons. The van der Waals surface area contributed by atoms with E-state index in [0.29, 0.717) is 0 Å². The molecule has 1 aromatic rings. The maximum absolute atomic E-state index is 6.13. The van der Waals surface area contributed by atoms with Gasteiger partial charge in [0.2, 0.25) is 0 Å². The fraction of sp³-hybridized carbons (Fsp3) is 0.538. The fourth-order valence-electron chi connectivity index (χ4n) is 2.46. The summed E-state index contributed by atoms with van der Waals surface area (Å²) in [5, 5.41) is 1.24. The summed E-state index contributed by atoms with van der Waals surface area (Å²) in [7, 11) is 1.17. The quantitative estimate of drug-likeness (QED) is 0.771. The van der Waals surface area contributed by atoms with Gasteiger partial charge in [-0.3, -0.25) is 0 Å². The van der Waals surface area contributed by atoms with E-state index in [1.807, 2.05) is 6.07 Å². The second-order valence-electron chi connectivity index (χ2n) is 4.45. The van der Waals surface area contributed by atoms with Crippen LogP contribution in [0.1, 0.15) is 18.4 Å². The molecule has 1 fully saturated rings. The maximum atomic E-state index is 6.13. The van der Waals surface area contributed by atoms with Gasteiger partial charge < -0.3 is 13.6 Å². The second kappa shape index (κ2) is 5.31. The molecule has 0 saturated carbocycles. The Morgan fingerprint density at radius 1 is 1.29 bits per heavy atom. The predicted molar refractivity (Wildman–Crippen MR) is 69.5 cm³/mol. The Labute approximate surface area is 104 Å². The van der Waals surface area contributed by atoms with Crippen molar-refractivity contribution in [3.05, 3.63) is 29.8 Å². The zero-order valence-corrected chi connectivity index (χ0v) is 11.7. The molecular formula is C13H20O3Si. The highest BCUT2D eigenvalue weighted by molar-refractivity contribution is 6.81. The molecule has 1 aliphatic rings. The monoisotopic (exact) mass is 252 g/mol. The van der Waals surface area contributed by atoms with Gasteiger partial charge in [-0.05, 0) is 36.6 Å². The van der Waals surface area contributed by atoms with Crippen molar-refractivity contribution < 1.29 is 13.6 Å². The van der Waals surface area contributed by atoms with Crippen molar-refractivity contribution in [2.24, 2.45) is 0 Å². The van der Waals surface area contributed by atoms with Crippen LogP contribution < -0.4 is 5.19 Å². The largest absolute Gasteiger partial charge is 0.394 e. The van der Waals surface area contributed by atoms with E-state index >= 15 is 0 Å². The summed E-state index contributed by atoms with van der Waals surface area (Å²) >= 11 is 0. The Hall–Kier alpha value is -0.683. The Morgan fingerprint density at radius 2 is 2.06 bits per heavy atom. The van der Waals surface area contributed by atoms with Crippen molar-refractivity contribution in [2.75, 3.05) is 14.2 Å². The van der Waals surface area contributed by atoms with E-state index in [-0.39, 0.29) is 6.29 Å². The van der Waals surface area contributed by atoms with E-state index in [2.05, 4.69) is 25.1 Å². The van der Waals surface area contributed by atoms with Crippen LogP contribution in [0.15, 0.2) is 24.3 Å². The van der Waals surface area contributed by atoms with E-state index in [1.165, 1.54) is 10.8 Å². The van der Waals surface area contributed by atoms with E-state index in [0.717, 1.165) is 18.9 Å². The lowest BCUT2D eigenvalue weighted by atomic mass is 10.2. The fourth-order valence-corrected chi connectivity index (χ4v) is 5.83. The van der Waals surface area contributed by atoms with Crippen LogP contribution in [-0.2, 0) is 13.6 Å². The summed E-state index contributed by atoms with van der Waals surface area (Å²) in [5.74, 6) is 0. The number of hydrogen-bond acceptors (Lipinski definition) is 3. The lowest BCUT2D eigenvalue weighted by molar-refractivity contribution is -0.0864. The van der Waals surface area contributed by atoms with Crippen molar-refractivity contribution in [1.29, 1.82) is 0 Å². The third kappa shape index (κ3) is 2.45. The average molecular weight is 252 g/mol. The molecular weight excluding hydrogens is 232 g/mol. The van der Waals surface area contributed by atoms with Crippen LogP contribution in [0.25, 0.3) is 0 Å². The lowest BCUT2D eigenvalue weighted by Crippen LogP contribution is -2.58. The van der Waals surface area contributed by atoms with Crippen LogP contribution in [-0.4, -0.2) is 29.1 Å². The van der Waals surface area contributed by atoms with Gasteiger partial charge in [-0.1, -0.05) is 24.3 Å². The summed E-state index contributed by atoms with van der Waals surface area (Å²) in [6, 6.07) is 9.35. The van der Waals surface area contributed by atoms with E-state index in [1.54, 1.807) is 14.2 Å². The van der Waals surface area contributed by atoms with Gasteiger partial charge in [0.1, 0.15) is 6.29 Å². The molecule has 17 heavy (non-hydrogen) atoms. The van der Waals surface area contributed by atoms with Crippen LogP contribution in [0.2, 0.25) is 6.04 Å². The maximum Gasteiger partial charge on any atom is 0.374 e. The molecule has 0 spiro atoms. The Bertz CT molecular complexity index is 383. The highest BCUT2D eigenvalue weighted by atomic mass is 28.4. The first-order valence-electron chi connectivity index (χ1n) is 6.04. The minimum Gasteiger partial charge on any atom is -0.394 e. The molecule has 1 aromatic carbocycles. The van der Waals surface area contributed by atoms with Crippen molar-refractivity contribution >= 4 is 13.7 Å². The van der Waals surface area contributed by atoms with Crippen molar-refractivity contribution in [3.63, 3.8) is 0 Å². The summed E-state index contributed by atoms with van der Waals surface area (Å²) in [4.78, 5) is 0. The van der Waals surface area contributed by atoms with Crippen LogP contribution >= 0.6 is 0 Å². The number of benzene rings is 1. The predicted octanol–water partition coefficient (Wildman–Crippen LogP) is 2.07. The average Bonchev–Trinajstić information content (AvgIpc) is 2.39. The Kier molecular flexibility index (Phi) is 3.99. The van der Waals surface area contributed by atoms with Gasteiger partial charge in [0.25, 0.3) is 0 Å². The van der Waals surface area contributed by atoms with Gasteiger partial charge in [-0.15, -0.1) is 0 Å². The highest BCUT2D eigenvalue weighted by Crippen LogP contribution is 2.27. The Morgan fingerprint density at radius 3 is 2.71 bits per heavy atom. The number of hydrogen-bond donors (Lipinski definition) is 0. The molecule has 1 aliphatic heterocycles. The summed E-state index contributed by atoms with van der Waals surface area (Å²) in [6.07, 6.45) is 1.95. The van der Waals surface area contributed by atoms with Gasteiger partial charge in [0.15, 0.2) is 0 Å². The van der Waals surface area contributed by atoms with Crippen molar-refractivity contribution in [1.82, 2.24) is 0 Å². The lowest BCUT2D eigenvalue weighted by Gasteiger charge is -2.37. The number of methoxy groups -OCH3 is 1. The Balaban J connectivity index is 2.34. The molecule has 94 valence electrons. The van der Waals surface area contributed by atoms with E-state index < -0.39 is 8.56 Å². The molecule has 0 N–H and O–H groups in total. The van der Waals surface area contributed by atoms with E-state index in [4.69, 9.17) is 13.6 Å².